The average Bonchev–Trinajstić information content (AvgIpc) is 2.80. The molecule has 160 valence electrons. The Bertz CT molecular complexity index is 1000. The number of nitrogens with one attached hydrogen (secondary N) is 1. The SMILES string of the molecule is Cc1cccc(C=NNc2cc(N3CCCCC3)nc(OCCc3ccccn3)n2)c1. The number of hydrogen-bond donors (Lipinski definition) is 1. The van der Waals surface area contributed by atoms with Gasteiger partial charge in [-0.2, -0.15) is 15.1 Å². The molecular weight excluding hydrogens is 388 g/mol. The van der Waals surface area contributed by atoms with Gasteiger partial charge in [0.2, 0.25) is 0 Å². The average molecular weight is 417 g/mol. The molecule has 1 aromatic carbocycles. The first-order valence-electron chi connectivity index (χ1n) is 10.8. The summed E-state index contributed by atoms with van der Waals surface area (Å²) in [5.74, 6) is 1.49. The van der Waals surface area contributed by atoms with E-state index in [0.29, 0.717) is 24.9 Å². The van der Waals surface area contributed by atoms with Crippen molar-refractivity contribution in [2.45, 2.75) is 32.6 Å². The third kappa shape index (κ3) is 6.25. The zero-order chi connectivity index (χ0) is 21.3. The number of pyridine rings is 1. The van der Waals surface area contributed by atoms with Crippen LogP contribution in [0.2, 0.25) is 0 Å². The van der Waals surface area contributed by atoms with Crippen LogP contribution >= 0.6 is 0 Å². The summed E-state index contributed by atoms with van der Waals surface area (Å²) in [5.41, 5.74) is 6.25. The van der Waals surface area contributed by atoms with E-state index in [4.69, 9.17) is 4.74 Å². The number of anilines is 2. The standard InChI is InChI=1S/C24H28N6O/c1-19-8-7-9-20(16-19)18-26-29-22-17-23(30-13-5-2-6-14-30)28-24(27-22)31-15-11-21-10-3-4-12-25-21/h3-4,7-10,12,16-18H,2,5-6,11,13-15H2,1H3,(H,27,28,29). The van der Waals surface area contributed by atoms with Crippen LogP contribution in [-0.4, -0.2) is 40.9 Å². The minimum Gasteiger partial charge on any atom is -0.463 e. The summed E-state index contributed by atoms with van der Waals surface area (Å²) in [7, 11) is 0. The molecule has 3 heterocycles. The number of rotatable bonds is 8. The van der Waals surface area contributed by atoms with Crippen molar-refractivity contribution in [1.82, 2.24) is 15.0 Å². The van der Waals surface area contributed by atoms with Crippen molar-refractivity contribution < 1.29 is 4.74 Å². The van der Waals surface area contributed by atoms with Crippen LogP contribution in [0.5, 0.6) is 6.01 Å². The van der Waals surface area contributed by atoms with E-state index < -0.39 is 0 Å². The number of ether oxygens (including phenoxy) is 1. The van der Waals surface area contributed by atoms with Gasteiger partial charge in [0, 0.05) is 37.5 Å². The molecule has 0 unspecified atom stereocenters. The zero-order valence-corrected chi connectivity index (χ0v) is 17.9. The number of hydrazone groups is 1. The van der Waals surface area contributed by atoms with Crippen molar-refractivity contribution >= 4 is 17.9 Å². The van der Waals surface area contributed by atoms with Crippen molar-refractivity contribution in [3.63, 3.8) is 0 Å². The molecule has 1 N–H and O–H groups in total. The second kappa shape index (κ2) is 10.5. The molecule has 31 heavy (non-hydrogen) atoms. The highest BCUT2D eigenvalue weighted by Crippen LogP contribution is 2.23. The number of benzene rings is 1. The fourth-order valence-electron chi connectivity index (χ4n) is 3.54. The number of nitrogens with zero attached hydrogens (tertiary/aromatic N) is 5. The topological polar surface area (TPSA) is 75.5 Å². The van der Waals surface area contributed by atoms with Gasteiger partial charge in [-0.25, -0.2) is 0 Å². The Balaban J connectivity index is 1.46. The van der Waals surface area contributed by atoms with Gasteiger partial charge in [-0.3, -0.25) is 10.4 Å². The minimum atomic E-state index is 0.354. The number of aryl methyl sites for hydroxylation is 1. The van der Waals surface area contributed by atoms with E-state index in [2.05, 4.69) is 49.4 Å². The molecule has 0 aliphatic carbocycles. The number of hydrogen-bond acceptors (Lipinski definition) is 7. The summed E-state index contributed by atoms with van der Waals surface area (Å²) in [4.78, 5) is 15.8. The fraction of sp³-hybridized carbons (Fsp3) is 0.333. The van der Waals surface area contributed by atoms with Crippen molar-refractivity contribution in [3.05, 3.63) is 71.5 Å². The molecule has 7 heteroatoms. The van der Waals surface area contributed by atoms with Gasteiger partial charge in [0.15, 0.2) is 5.82 Å². The molecule has 0 bridgehead atoms. The molecule has 1 saturated heterocycles. The molecule has 0 spiro atoms. The van der Waals surface area contributed by atoms with Crippen LogP contribution in [0.3, 0.4) is 0 Å². The first-order chi connectivity index (χ1) is 15.3. The quantitative estimate of drug-likeness (QED) is 0.437. The van der Waals surface area contributed by atoms with Crippen LogP contribution < -0.4 is 15.1 Å². The molecule has 0 amide bonds. The zero-order valence-electron chi connectivity index (χ0n) is 17.9. The Kier molecular flexibility index (Phi) is 7.05. The van der Waals surface area contributed by atoms with Crippen molar-refractivity contribution in [2.24, 2.45) is 5.10 Å². The van der Waals surface area contributed by atoms with Gasteiger partial charge in [0.05, 0.1) is 12.8 Å². The molecule has 1 fully saturated rings. The lowest BCUT2D eigenvalue weighted by Crippen LogP contribution is -2.30. The van der Waals surface area contributed by atoms with Crippen molar-refractivity contribution in [2.75, 3.05) is 30.0 Å². The van der Waals surface area contributed by atoms with Gasteiger partial charge in [-0.15, -0.1) is 0 Å². The molecule has 0 radical (unpaired) electrons. The second-order valence-corrected chi connectivity index (χ2v) is 7.65. The van der Waals surface area contributed by atoms with Gasteiger partial charge < -0.3 is 9.64 Å². The molecular formula is C24H28N6O. The highest BCUT2D eigenvalue weighted by molar-refractivity contribution is 5.80. The first-order valence-corrected chi connectivity index (χ1v) is 10.8. The Morgan fingerprint density at radius 2 is 1.97 bits per heavy atom. The van der Waals surface area contributed by atoms with Crippen LogP contribution in [0.15, 0.2) is 59.8 Å². The van der Waals surface area contributed by atoms with E-state index in [0.717, 1.165) is 30.2 Å². The highest BCUT2D eigenvalue weighted by atomic mass is 16.5. The van der Waals surface area contributed by atoms with Crippen LogP contribution in [-0.2, 0) is 6.42 Å². The fourth-order valence-corrected chi connectivity index (χ4v) is 3.54. The summed E-state index contributed by atoms with van der Waals surface area (Å²) in [5, 5.41) is 4.36. The van der Waals surface area contributed by atoms with E-state index in [1.54, 1.807) is 12.4 Å². The monoisotopic (exact) mass is 416 g/mol. The predicted molar refractivity (Wildman–Crippen MR) is 124 cm³/mol. The Morgan fingerprint density at radius 3 is 2.77 bits per heavy atom. The van der Waals surface area contributed by atoms with Gasteiger partial charge >= 0.3 is 6.01 Å². The summed E-state index contributed by atoms with van der Waals surface area (Å²) in [6.07, 6.45) is 7.89. The first kappa shape index (κ1) is 20.8. The lowest BCUT2D eigenvalue weighted by Gasteiger charge is -2.28. The molecule has 0 saturated carbocycles. The summed E-state index contributed by atoms with van der Waals surface area (Å²) < 4.78 is 5.88. The maximum Gasteiger partial charge on any atom is 0.320 e. The smallest absolute Gasteiger partial charge is 0.320 e. The Labute approximate surface area is 183 Å². The van der Waals surface area contributed by atoms with E-state index in [1.165, 1.54) is 24.8 Å². The largest absolute Gasteiger partial charge is 0.463 e. The number of aromatic nitrogens is 3. The van der Waals surface area contributed by atoms with Crippen molar-refractivity contribution in [1.29, 1.82) is 0 Å². The maximum absolute atomic E-state index is 5.88. The third-order valence-corrected chi connectivity index (χ3v) is 5.12. The molecule has 7 nitrogen and oxygen atoms in total. The predicted octanol–water partition coefficient (Wildman–Crippen LogP) is 4.24. The van der Waals surface area contributed by atoms with Crippen LogP contribution in [0.4, 0.5) is 11.6 Å². The molecule has 3 aromatic rings. The summed E-state index contributed by atoms with van der Waals surface area (Å²) >= 11 is 0. The van der Waals surface area contributed by atoms with Gasteiger partial charge in [0.1, 0.15) is 5.82 Å². The molecule has 4 rings (SSSR count). The van der Waals surface area contributed by atoms with E-state index in [1.807, 2.05) is 36.4 Å². The molecule has 2 aromatic heterocycles. The molecule has 0 atom stereocenters. The van der Waals surface area contributed by atoms with Crippen molar-refractivity contribution in [3.8, 4) is 6.01 Å². The second-order valence-electron chi connectivity index (χ2n) is 7.65. The van der Waals surface area contributed by atoms with Gasteiger partial charge in [0.25, 0.3) is 0 Å². The van der Waals surface area contributed by atoms with Gasteiger partial charge in [-0.05, 0) is 43.9 Å². The lowest BCUT2D eigenvalue weighted by molar-refractivity contribution is 0.295. The Hall–Kier alpha value is -3.48. The summed E-state index contributed by atoms with van der Waals surface area (Å²) in [6.45, 7) is 4.52. The van der Waals surface area contributed by atoms with Gasteiger partial charge in [-0.1, -0.05) is 35.9 Å². The minimum absolute atomic E-state index is 0.354. The van der Waals surface area contributed by atoms with Crippen LogP contribution in [0, 0.1) is 6.92 Å². The summed E-state index contributed by atoms with van der Waals surface area (Å²) in [6, 6.07) is 16.3. The highest BCUT2D eigenvalue weighted by Gasteiger charge is 2.15. The van der Waals surface area contributed by atoms with E-state index in [9.17, 15) is 0 Å². The lowest BCUT2D eigenvalue weighted by atomic mass is 10.1. The molecule has 1 aliphatic heterocycles. The number of piperidine rings is 1. The molecule has 1 aliphatic rings. The third-order valence-electron chi connectivity index (χ3n) is 5.12. The van der Waals surface area contributed by atoms with Crippen LogP contribution in [0.25, 0.3) is 0 Å². The van der Waals surface area contributed by atoms with E-state index >= 15 is 0 Å². The maximum atomic E-state index is 5.88. The Morgan fingerprint density at radius 1 is 1.06 bits per heavy atom. The van der Waals surface area contributed by atoms with E-state index in [-0.39, 0.29) is 0 Å². The normalized spacial score (nSPS) is 14.0. The van der Waals surface area contributed by atoms with Crippen LogP contribution in [0.1, 0.15) is 36.1 Å².